The van der Waals surface area contributed by atoms with Gasteiger partial charge < -0.3 is 24.8 Å². The van der Waals surface area contributed by atoms with Gasteiger partial charge in [0.05, 0.1) is 6.10 Å². The molecule has 2 saturated heterocycles. The van der Waals surface area contributed by atoms with E-state index in [1.54, 1.807) is 4.90 Å². The van der Waals surface area contributed by atoms with E-state index in [2.05, 4.69) is 5.32 Å². The number of aliphatic hydroxyl groups is 1. The SMILES string of the molecule is CCCO[C@H]1CN[C@@H]([C@@H](O)[C@H](Cc2cc(F)cc(F)c2)OC(=O)[C@H](CCc2ccccc2)N2CC[C@H](C(C)C)C2=O)C1. The molecule has 4 rings (SSSR count). The van der Waals surface area contributed by atoms with Gasteiger partial charge in [-0.2, -0.15) is 0 Å². The van der Waals surface area contributed by atoms with Gasteiger partial charge in [0.15, 0.2) is 0 Å². The molecular weight excluding hydrogens is 542 g/mol. The quantitative estimate of drug-likeness (QED) is 0.318. The number of benzene rings is 2. The van der Waals surface area contributed by atoms with Crippen molar-refractivity contribution in [3.8, 4) is 0 Å². The fourth-order valence-corrected chi connectivity index (χ4v) is 6.09. The monoisotopic (exact) mass is 586 g/mol. The number of likely N-dealkylation sites (tertiary alicyclic amines) is 1. The highest BCUT2D eigenvalue weighted by Gasteiger charge is 2.42. The second-order valence-electron chi connectivity index (χ2n) is 11.9. The molecule has 0 unspecified atom stereocenters. The maximum Gasteiger partial charge on any atom is 0.329 e. The molecule has 230 valence electrons. The molecule has 0 saturated carbocycles. The van der Waals surface area contributed by atoms with Crippen LogP contribution in [0.2, 0.25) is 0 Å². The molecule has 42 heavy (non-hydrogen) atoms. The highest BCUT2D eigenvalue weighted by molar-refractivity contribution is 5.87. The van der Waals surface area contributed by atoms with Gasteiger partial charge in [-0.3, -0.25) is 4.79 Å². The zero-order valence-electron chi connectivity index (χ0n) is 24.8. The second kappa shape index (κ2) is 15.0. The van der Waals surface area contributed by atoms with E-state index in [1.807, 2.05) is 51.1 Å². The summed E-state index contributed by atoms with van der Waals surface area (Å²) in [4.78, 5) is 28.9. The van der Waals surface area contributed by atoms with Crippen LogP contribution in [-0.4, -0.2) is 72.0 Å². The minimum absolute atomic E-state index is 0.0716. The minimum Gasteiger partial charge on any atom is -0.458 e. The third kappa shape index (κ3) is 8.36. The van der Waals surface area contributed by atoms with Crippen molar-refractivity contribution < 1.29 is 33.0 Å². The van der Waals surface area contributed by atoms with Crippen LogP contribution in [0.1, 0.15) is 57.6 Å². The van der Waals surface area contributed by atoms with Crippen molar-refractivity contribution in [2.24, 2.45) is 11.8 Å². The first-order valence-electron chi connectivity index (χ1n) is 15.2. The number of halogens is 2. The molecule has 9 heteroatoms. The summed E-state index contributed by atoms with van der Waals surface area (Å²) in [7, 11) is 0. The molecule has 0 spiro atoms. The van der Waals surface area contributed by atoms with Gasteiger partial charge in [-0.15, -0.1) is 0 Å². The summed E-state index contributed by atoms with van der Waals surface area (Å²) < 4.78 is 40.0. The molecule has 2 heterocycles. The number of aliphatic hydroxyl groups excluding tert-OH is 1. The van der Waals surface area contributed by atoms with Crippen molar-refractivity contribution in [2.45, 2.75) is 89.7 Å². The zero-order chi connectivity index (χ0) is 30.2. The molecule has 0 aromatic heterocycles. The highest BCUT2D eigenvalue weighted by atomic mass is 19.1. The Morgan fingerprint density at radius 3 is 2.48 bits per heavy atom. The van der Waals surface area contributed by atoms with Crippen LogP contribution in [0.25, 0.3) is 0 Å². The number of hydrogen-bond donors (Lipinski definition) is 2. The third-order valence-corrected chi connectivity index (χ3v) is 8.39. The van der Waals surface area contributed by atoms with Gasteiger partial charge in [-0.05, 0) is 61.3 Å². The standard InChI is InChI=1S/C33H44F2N2O5/c1-4-14-41-26-19-28(36-20-26)31(38)30(17-23-15-24(34)18-25(35)16-23)42-33(40)29(11-10-22-8-6-5-7-9-22)37-13-12-27(21(2)3)32(37)39/h5-9,15-16,18,21,26-31,36,38H,4,10-14,17,19-20H2,1-3H3/t26-,27-,28-,29+,30+,31-/m1/s1. The molecule has 1 amide bonds. The Labute approximate surface area is 247 Å². The predicted octanol–water partition coefficient (Wildman–Crippen LogP) is 4.44. The van der Waals surface area contributed by atoms with E-state index in [4.69, 9.17) is 9.47 Å². The number of nitrogens with zero attached hydrogens (tertiary/aromatic N) is 1. The number of aryl methyl sites for hydroxylation is 1. The Kier molecular flexibility index (Phi) is 11.5. The summed E-state index contributed by atoms with van der Waals surface area (Å²) in [6.45, 7) is 7.60. The van der Waals surface area contributed by atoms with E-state index in [1.165, 1.54) is 12.1 Å². The van der Waals surface area contributed by atoms with Gasteiger partial charge in [0.25, 0.3) is 0 Å². The number of amides is 1. The van der Waals surface area contributed by atoms with Gasteiger partial charge >= 0.3 is 5.97 Å². The largest absolute Gasteiger partial charge is 0.458 e. The van der Waals surface area contributed by atoms with E-state index in [0.29, 0.717) is 45.4 Å². The molecule has 0 radical (unpaired) electrons. The van der Waals surface area contributed by atoms with E-state index in [-0.39, 0.29) is 35.8 Å². The molecule has 2 N–H and O–H groups in total. The number of carbonyl (C=O) groups excluding carboxylic acids is 2. The normalized spacial score (nSPS) is 22.9. The lowest BCUT2D eigenvalue weighted by Gasteiger charge is -2.32. The number of ether oxygens (including phenoxy) is 2. The lowest BCUT2D eigenvalue weighted by atomic mass is 9.94. The predicted molar refractivity (Wildman–Crippen MR) is 156 cm³/mol. The summed E-state index contributed by atoms with van der Waals surface area (Å²) in [5.41, 5.74) is 1.29. The van der Waals surface area contributed by atoms with Gasteiger partial charge in [-0.1, -0.05) is 51.1 Å². The van der Waals surface area contributed by atoms with Crippen molar-refractivity contribution in [1.82, 2.24) is 10.2 Å². The van der Waals surface area contributed by atoms with E-state index >= 15 is 0 Å². The van der Waals surface area contributed by atoms with Crippen LogP contribution in [0.5, 0.6) is 0 Å². The Morgan fingerprint density at radius 2 is 1.83 bits per heavy atom. The van der Waals surface area contributed by atoms with Crippen LogP contribution in [0.4, 0.5) is 8.78 Å². The van der Waals surface area contributed by atoms with Crippen LogP contribution in [0, 0.1) is 23.5 Å². The minimum atomic E-state index is -1.16. The van der Waals surface area contributed by atoms with E-state index in [0.717, 1.165) is 18.1 Å². The molecule has 2 aliphatic rings. The topological polar surface area (TPSA) is 88.1 Å². The summed E-state index contributed by atoms with van der Waals surface area (Å²) in [6, 6.07) is 11.6. The first-order valence-corrected chi connectivity index (χ1v) is 15.2. The van der Waals surface area contributed by atoms with Crippen molar-refractivity contribution in [3.05, 3.63) is 71.3 Å². The molecule has 2 aliphatic heterocycles. The van der Waals surface area contributed by atoms with Crippen molar-refractivity contribution >= 4 is 11.9 Å². The Bertz CT molecular complexity index is 1160. The summed E-state index contributed by atoms with van der Waals surface area (Å²) in [6.07, 6.45) is 0.491. The molecular formula is C33H44F2N2O5. The molecule has 2 aromatic carbocycles. The number of carbonyl (C=O) groups is 2. The van der Waals surface area contributed by atoms with Crippen molar-refractivity contribution in [1.29, 1.82) is 0 Å². The van der Waals surface area contributed by atoms with Crippen LogP contribution in [0.15, 0.2) is 48.5 Å². The van der Waals surface area contributed by atoms with Gasteiger partial charge in [0.1, 0.15) is 29.9 Å². The van der Waals surface area contributed by atoms with E-state index < -0.39 is 41.9 Å². The molecule has 2 fully saturated rings. The fraction of sp³-hybridized carbons (Fsp3) is 0.576. The number of hydrogen-bond acceptors (Lipinski definition) is 6. The summed E-state index contributed by atoms with van der Waals surface area (Å²) >= 11 is 0. The molecule has 2 aromatic rings. The molecule has 7 nitrogen and oxygen atoms in total. The fourth-order valence-electron chi connectivity index (χ4n) is 6.09. The maximum absolute atomic E-state index is 14.1. The van der Waals surface area contributed by atoms with Crippen molar-refractivity contribution in [2.75, 3.05) is 19.7 Å². The average Bonchev–Trinajstić information content (AvgIpc) is 3.58. The first kappa shape index (κ1) is 32.0. The average molecular weight is 587 g/mol. The van der Waals surface area contributed by atoms with Crippen LogP contribution in [-0.2, 0) is 31.9 Å². The first-order chi connectivity index (χ1) is 20.2. The third-order valence-electron chi connectivity index (χ3n) is 8.39. The van der Waals surface area contributed by atoms with Gasteiger partial charge in [0, 0.05) is 44.1 Å². The second-order valence-corrected chi connectivity index (χ2v) is 11.9. The number of rotatable bonds is 14. The van der Waals surface area contributed by atoms with E-state index in [9.17, 15) is 23.5 Å². The van der Waals surface area contributed by atoms with Gasteiger partial charge in [-0.25, -0.2) is 13.6 Å². The molecule has 0 bridgehead atoms. The molecule has 0 aliphatic carbocycles. The Hall–Kier alpha value is -2.88. The Balaban J connectivity index is 1.56. The highest BCUT2D eigenvalue weighted by Crippen LogP contribution is 2.29. The Morgan fingerprint density at radius 1 is 1.12 bits per heavy atom. The van der Waals surface area contributed by atoms with Crippen LogP contribution < -0.4 is 5.32 Å². The lowest BCUT2D eigenvalue weighted by Crippen LogP contribution is -2.50. The maximum atomic E-state index is 14.1. The van der Waals surface area contributed by atoms with Crippen LogP contribution >= 0.6 is 0 Å². The zero-order valence-corrected chi connectivity index (χ0v) is 24.8. The van der Waals surface area contributed by atoms with Crippen molar-refractivity contribution in [3.63, 3.8) is 0 Å². The van der Waals surface area contributed by atoms with Gasteiger partial charge in [0.2, 0.25) is 5.91 Å². The lowest BCUT2D eigenvalue weighted by molar-refractivity contribution is -0.165. The molecule has 6 atom stereocenters. The van der Waals surface area contributed by atoms with Crippen LogP contribution in [0.3, 0.4) is 0 Å². The summed E-state index contributed by atoms with van der Waals surface area (Å²) in [5, 5.41) is 14.7. The number of esters is 1. The smallest absolute Gasteiger partial charge is 0.329 e. The summed E-state index contributed by atoms with van der Waals surface area (Å²) in [5.74, 6) is -2.23. The number of nitrogens with one attached hydrogen (secondary N) is 1.